The van der Waals surface area contributed by atoms with E-state index in [1.807, 2.05) is 18.2 Å². The molecule has 1 N–H and O–H groups in total. The van der Waals surface area contributed by atoms with Gasteiger partial charge >= 0.3 is 5.91 Å². The number of amides is 1. The van der Waals surface area contributed by atoms with E-state index in [9.17, 15) is 4.79 Å². The minimum absolute atomic E-state index is 0.431. The largest absolute Gasteiger partial charge is 0.378 e. The first kappa shape index (κ1) is 19.8. The average Bonchev–Trinajstić information content (AvgIpc) is 3.29. The highest BCUT2D eigenvalue weighted by atomic mass is 16.5. The number of morpholine rings is 1. The molecule has 1 aliphatic rings. The summed E-state index contributed by atoms with van der Waals surface area (Å²) < 4.78 is 5.42. The zero-order chi connectivity index (χ0) is 21.8. The van der Waals surface area contributed by atoms with E-state index >= 15 is 0 Å². The van der Waals surface area contributed by atoms with Crippen LogP contribution in [0.5, 0.6) is 0 Å². The summed E-state index contributed by atoms with van der Waals surface area (Å²) in [4.78, 5) is 26.0. The van der Waals surface area contributed by atoms with Crippen LogP contribution in [0.25, 0.3) is 22.4 Å². The summed E-state index contributed by atoms with van der Waals surface area (Å²) in [5, 5.41) is 7.69. The summed E-state index contributed by atoms with van der Waals surface area (Å²) in [6, 6.07) is 22.6. The molecular formula is C24H21N6O2+. The van der Waals surface area contributed by atoms with Crippen LogP contribution in [0, 0.1) is 0 Å². The van der Waals surface area contributed by atoms with Crippen LogP contribution in [0.4, 0.5) is 11.4 Å². The second-order valence-corrected chi connectivity index (χ2v) is 7.39. The summed E-state index contributed by atoms with van der Waals surface area (Å²) in [5.41, 5.74) is 4.91. The highest BCUT2D eigenvalue weighted by Gasteiger charge is 2.13. The molecule has 0 bridgehead atoms. The predicted octanol–water partition coefficient (Wildman–Crippen LogP) is 4.51. The highest BCUT2D eigenvalue weighted by Crippen LogP contribution is 2.26. The van der Waals surface area contributed by atoms with Crippen LogP contribution in [0.1, 0.15) is 10.4 Å². The zero-order valence-electron chi connectivity index (χ0n) is 17.3. The van der Waals surface area contributed by atoms with Gasteiger partial charge in [0.15, 0.2) is 10.8 Å². The lowest BCUT2D eigenvalue weighted by atomic mass is 10.2. The third kappa shape index (κ3) is 4.32. The van der Waals surface area contributed by atoms with E-state index < -0.39 is 5.91 Å². The molecule has 0 radical (unpaired) electrons. The molecule has 4 aromatic rings. The first-order valence-electron chi connectivity index (χ1n) is 10.4. The number of aromatic amines is 1. The first-order valence-corrected chi connectivity index (χ1v) is 10.4. The number of hydrogen-bond donors (Lipinski definition) is 1. The number of hydrogen-bond acceptors (Lipinski definition) is 5. The van der Waals surface area contributed by atoms with Crippen molar-refractivity contribution in [2.75, 3.05) is 31.2 Å². The SMILES string of the molecule is O=C(N=[N+]=Nc1ccc2nc(-c3ccc(N4CCOCC4)cc3)[nH]c2c1)c1ccccc1. The molecular weight excluding hydrogens is 404 g/mol. The maximum Gasteiger partial charge on any atom is 0.360 e. The first-order chi connectivity index (χ1) is 15.8. The van der Waals surface area contributed by atoms with Crippen molar-refractivity contribution in [3.63, 3.8) is 0 Å². The number of H-pyrrole nitrogens is 1. The van der Waals surface area contributed by atoms with Gasteiger partial charge < -0.3 is 14.6 Å². The number of imidazole rings is 1. The second-order valence-electron chi connectivity index (χ2n) is 7.39. The number of benzene rings is 3. The van der Waals surface area contributed by atoms with Crippen LogP contribution >= 0.6 is 0 Å². The lowest BCUT2D eigenvalue weighted by molar-refractivity contribution is 0.0992. The van der Waals surface area contributed by atoms with Crippen molar-refractivity contribution in [3.8, 4) is 11.4 Å². The summed E-state index contributed by atoms with van der Waals surface area (Å²) in [6.45, 7) is 3.34. The van der Waals surface area contributed by atoms with Gasteiger partial charge in [-0.05, 0) is 54.6 Å². The van der Waals surface area contributed by atoms with E-state index in [0.29, 0.717) is 11.3 Å². The van der Waals surface area contributed by atoms with E-state index in [4.69, 9.17) is 4.74 Å². The van der Waals surface area contributed by atoms with Gasteiger partial charge in [-0.3, -0.25) is 4.79 Å². The number of carbonyl (C=O) groups is 1. The quantitative estimate of drug-likeness (QED) is 0.384. The number of ether oxygens (including phenoxy) is 1. The van der Waals surface area contributed by atoms with Crippen molar-refractivity contribution in [2.24, 2.45) is 10.2 Å². The molecule has 158 valence electrons. The summed E-state index contributed by atoms with van der Waals surface area (Å²) >= 11 is 0. The van der Waals surface area contributed by atoms with Crippen molar-refractivity contribution in [1.29, 1.82) is 0 Å². The Hall–Kier alpha value is -4.13. The number of anilines is 1. The molecule has 1 fully saturated rings. The van der Waals surface area contributed by atoms with Crippen LogP contribution in [0.2, 0.25) is 0 Å². The molecule has 8 heteroatoms. The Balaban J connectivity index is 1.34. The summed E-state index contributed by atoms with van der Waals surface area (Å²) in [7, 11) is 0. The van der Waals surface area contributed by atoms with Gasteiger partial charge in [-0.1, -0.05) is 18.2 Å². The maximum absolute atomic E-state index is 12.0. The van der Waals surface area contributed by atoms with Crippen LogP contribution < -0.4 is 9.81 Å². The van der Waals surface area contributed by atoms with Gasteiger partial charge in [0.2, 0.25) is 10.0 Å². The molecule has 0 atom stereocenters. The Morgan fingerprint density at radius 1 is 1.00 bits per heavy atom. The lowest BCUT2D eigenvalue weighted by Crippen LogP contribution is -2.36. The van der Waals surface area contributed by atoms with Gasteiger partial charge in [0.05, 0.1) is 24.2 Å². The fourth-order valence-electron chi connectivity index (χ4n) is 3.60. The molecule has 0 spiro atoms. The highest BCUT2D eigenvalue weighted by molar-refractivity contribution is 5.94. The number of aromatic nitrogens is 2. The Morgan fingerprint density at radius 2 is 1.78 bits per heavy atom. The Labute approximate surface area is 184 Å². The average molecular weight is 425 g/mol. The van der Waals surface area contributed by atoms with E-state index in [-0.39, 0.29) is 0 Å². The molecule has 0 unspecified atom stereocenters. The van der Waals surface area contributed by atoms with Gasteiger partial charge in [0.25, 0.3) is 0 Å². The topological polar surface area (TPSA) is 97.0 Å². The monoisotopic (exact) mass is 425 g/mol. The molecule has 1 aliphatic heterocycles. The van der Waals surface area contributed by atoms with Crippen molar-refractivity contribution in [3.05, 3.63) is 78.4 Å². The second kappa shape index (κ2) is 8.93. The Morgan fingerprint density at radius 3 is 2.56 bits per heavy atom. The van der Waals surface area contributed by atoms with Gasteiger partial charge in [-0.15, -0.1) is 0 Å². The van der Waals surface area contributed by atoms with Crippen LogP contribution in [-0.4, -0.2) is 42.2 Å². The third-order valence-electron chi connectivity index (χ3n) is 5.30. The Bertz CT molecular complexity index is 1300. The van der Waals surface area contributed by atoms with Gasteiger partial charge in [0, 0.05) is 29.9 Å². The van der Waals surface area contributed by atoms with Crippen molar-refractivity contribution < 1.29 is 9.53 Å². The normalized spacial score (nSPS) is 13.6. The van der Waals surface area contributed by atoms with Crippen LogP contribution in [0.3, 0.4) is 0 Å². The molecule has 5 rings (SSSR count). The summed E-state index contributed by atoms with van der Waals surface area (Å²) in [5.74, 6) is 0.353. The summed E-state index contributed by atoms with van der Waals surface area (Å²) in [6.07, 6.45) is 0. The van der Waals surface area contributed by atoms with Crippen molar-refractivity contribution >= 4 is 28.3 Å². The van der Waals surface area contributed by atoms with Crippen LogP contribution in [-0.2, 0) is 4.74 Å². The fraction of sp³-hybridized carbons (Fsp3) is 0.167. The fourth-order valence-corrected chi connectivity index (χ4v) is 3.60. The van der Waals surface area contributed by atoms with E-state index in [1.165, 1.54) is 5.69 Å². The minimum Gasteiger partial charge on any atom is -0.378 e. The van der Waals surface area contributed by atoms with E-state index in [1.54, 1.807) is 30.3 Å². The van der Waals surface area contributed by atoms with Crippen LogP contribution in [0.15, 0.2) is 83.0 Å². The molecule has 3 aromatic carbocycles. The number of fused-ring (bicyclic) bond motifs is 1. The predicted molar refractivity (Wildman–Crippen MR) is 122 cm³/mol. The molecule has 8 nitrogen and oxygen atoms in total. The number of nitrogens with one attached hydrogen (secondary N) is 1. The molecule has 1 amide bonds. The van der Waals surface area contributed by atoms with E-state index in [2.05, 4.69) is 54.3 Å². The molecule has 1 saturated heterocycles. The molecule has 1 aromatic heterocycles. The third-order valence-corrected chi connectivity index (χ3v) is 5.30. The minimum atomic E-state index is -0.431. The molecule has 0 saturated carbocycles. The van der Waals surface area contributed by atoms with E-state index in [0.717, 1.165) is 48.7 Å². The molecule has 2 heterocycles. The maximum atomic E-state index is 12.0. The number of rotatable bonds is 4. The number of nitrogens with zero attached hydrogens (tertiary/aromatic N) is 5. The van der Waals surface area contributed by atoms with Gasteiger partial charge in [-0.2, -0.15) is 0 Å². The smallest absolute Gasteiger partial charge is 0.360 e. The van der Waals surface area contributed by atoms with Crippen molar-refractivity contribution in [1.82, 2.24) is 14.9 Å². The Kier molecular flexibility index (Phi) is 5.53. The van der Waals surface area contributed by atoms with Crippen molar-refractivity contribution in [2.45, 2.75) is 0 Å². The zero-order valence-corrected chi connectivity index (χ0v) is 17.3. The number of carbonyl (C=O) groups excluding carboxylic acids is 1. The lowest BCUT2D eigenvalue weighted by Gasteiger charge is -2.28. The van der Waals surface area contributed by atoms with Gasteiger partial charge in [0.1, 0.15) is 5.82 Å². The van der Waals surface area contributed by atoms with Gasteiger partial charge in [-0.25, -0.2) is 4.98 Å². The standard InChI is InChI=1S/C24H20N6O2/c31-24(18-4-2-1-3-5-18)28-29-27-19-8-11-21-22(16-19)26-23(25-21)17-6-9-20(10-7-17)30-12-14-32-15-13-30/h1-11,16H,12-15H2/p+1. The molecule has 0 aliphatic carbocycles. The molecule has 32 heavy (non-hydrogen) atoms.